The fraction of sp³-hybridized carbons (Fsp3) is 0.316. The maximum Gasteiger partial charge on any atom is 0.244 e. The molecule has 23 heavy (non-hydrogen) atoms. The normalized spacial score (nSPS) is 13.2. The van der Waals surface area contributed by atoms with Gasteiger partial charge in [0.05, 0.1) is 7.11 Å². The molecule has 2 rings (SSSR count). The number of nitrogens with two attached hydrogens (primary N) is 1. The first-order chi connectivity index (χ1) is 11.0. The third-order valence-electron chi connectivity index (χ3n) is 3.91. The number of hydrogen-bond acceptors (Lipinski definition) is 3. The Bertz CT molecular complexity index is 639. The van der Waals surface area contributed by atoms with Crippen LogP contribution in [0.1, 0.15) is 24.5 Å². The lowest BCUT2D eigenvalue weighted by molar-refractivity contribution is -0.126. The molecule has 2 aromatic rings. The van der Waals surface area contributed by atoms with Crippen LogP contribution in [-0.2, 0) is 16.8 Å². The molecule has 0 saturated carbocycles. The first-order valence-corrected chi connectivity index (χ1v) is 7.79. The van der Waals surface area contributed by atoms with E-state index in [1.807, 2.05) is 48.5 Å². The van der Waals surface area contributed by atoms with E-state index in [2.05, 4.69) is 11.4 Å². The number of methoxy groups -OCH3 is 1. The highest BCUT2D eigenvalue weighted by molar-refractivity contribution is 5.86. The molecule has 0 heterocycles. The van der Waals surface area contributed by atoms with E-state index < -0.39 is 5.54 Å². The predicted octanol–water partition coefficient (Wildman–Crippen LogP) is 2.62. The van der Waals surface area contributed by atoms with Gasteiger partial charge in [-0.1, -0.05) is 42.5 Å². The summed E-state index contributed by atoms with van der Waals surface area (Å²) in [6, 6.07) is 17.4. The molecule has 0 aliphatic heterocycles. The molecule has 0 bridgehead atoms. The number of amides is 1. The minimum atomic E-state index is -1.02. The second-order valence-corrected chi connectivity index (χ2v) is 5.78. The molecule has 1 unspecified atom stereocenters. The van der Waals surface area contributed by atoms with Crippen LogP contribution in [0.15, 0.2) is 54.6 Å². The van der Waals surface area contributed by atoms with E-state index in [1.165, 1.54) is 5.56 Å². The first-order valence-electron chi connectivity index (χ1n) is 7.79. The number of benzene rings is 2. The minimum Gasteiger partial charge on any atom is -0.497 e. The molecule has 1 amide bonds. The summed E-state index contributed by atoms with van der Waals surface area (Å²) in [7, 11) is 1.66. The van der Waals surface area contributed by atoms with Crippen LogP contribution in [-0.4, -0.2) is 19.6 Å². The van der Waals surface area contributed by atoms with Crippen LogP contribution in [0.5, 0.6) is 5.75 Å². The topological polar surface area (TPSA) is 64.3 Å². The summed E-state index contributed by atoms with van der Waals surface area (Å²) in [5.74, 6) is 0.694. The van der Waals surface area contributed by atoms with Crippen LogP contribution < -0.4 is 15.8 Å². The summed E-state index contributed by atoms with van der Waals surface area (Å²) < 4.78 is 5.21. The lowest BCUT2D eigenvalue weighted by atomic mass is 9.92. The molecule has 4 nitrogen and oxygen atoms in total. The van der Waals surface area contributed by atoms with Gasteiger partial charge in [-0.05, 0) is 43.0 Å². The average Bonchev–Trinajstić information content (AvgIpc) is 2.59. The van der Waals surface area contributed by atoms with Crippen LogP contribution in [0.25, 0.3) is 0 Å². The molecule has 0 fully saturated rings. The molecule has 0 aliphatic carbocycles. The third-order valence-corrected chi connectivity index (χ3v) is 3.91. The van der Waals surface area contributed by atoms with Gasteiger partial charge in [-0.15, -0.1) is 0 Å². The van der Waals surface area contributed by atoms with Crippen molar-refractivity contribution in [2.45, 2.75) is 25.3 Å². The molecule has 122 valence electrons. The van der Waals surface area contributed by atoms with Gasteiger partial charge in [0.2, 0.25) is 5.91 Å². The highest BCUT2D eigenvalue weighted by Crippen LogP contribution is 2.17. The number of ether oxygens (including phenoxy) is 1. The Morgan fingerprint density at radius 2 is 1.91 bits per heavy atom. The fourth-order valence-electron chi connectivity index (χ4n) is 2.42. The molecular weight excluding hydrogens is 288 g/mol. The Balaban J connectivity index is 1.82. The lowest BCUT2D eigenvalue weighted by Crippen LogP contribution is -2.49. The number of nitrogens with one attached hydrogen (secondary N) is 1. The average molecular weight is 312 g/mol. The largest absolute Gasteiger partial charge is 0.497 e. The van der Waals surface area contributed by atoms with E-state index in [-0.39, 0.29) is 5.91 Å². The van der Waals surface area contributed by atoms with Gasteiger partial charge < -0.3 is 15.8 Å². The van der Waals surface area contributed by atoms with Crippen molar-refractivity contribution in [1.29, 1.82) is 0 Å². The van der Waals surface area contributed by atoms with Crippen LogP contribution in [0.3, 0.4) is 0 Å². The Hall–Kier alpha value is -2.33. The molecule has 0 spiro atoms. The van der Waals surface area contributed by atoms with Gasteiger partial charge in [-0.2, -0.15) is 0 Å². The molecular formula is C19H24N2O2. The maximum absolute atomic E-state index is 12.3. The zero-order valence-corrected chi connectivity index (χ0v) is 13.7. The molecule has 0 radical (unpaired) electrons. The van der Waals surface area contributed by atoms with E-state index in [0.717, 1.165) is 24.2 Å². The SMILES string of the molecule is COc1cccc(CCCNC(=O)C(C)(N)c2ccccc2)c1. The van der Waals surface area contributed by atoms with Gasteiger partial charge in [0.25, 0.3) is 0 Å². The molecule has 2 aromatic carbocycles. The summed E-state index contributed by atoms with van der Waals surface area (Å²) >= 11 is 0. The van der Waals surface area contributed by atoms with E-state index in [4.69, 9.17) is 10.5 Å². The Morgan fingerprint density at radius 1 is 1.17 bits per heavy atom. The Kier molecular flexibility index (Phi) is 5.77. The van der Waals surface area contributed by atoms with Crippen molar-refractivity contribution < 1.29 is 9.53 Å². The van der Waals surface area contributed by atoms with Crippen molar-refractivity contribution in [2.24, 2.45) is 5.73 Å². The van der Waals surface area contributed by atoms with E-state index in [1.54, 1.807) is 14.0 Å². The first kappa shape index (κ1) is 17.0. The maximum atomic E-state index is 12.3. The molecule has 3 N–H and O–H groups in total. The van der Waals surface area contributed by atoms with Gasteiger partial charge in [0.1, 0.15) is 11.3 Å². The Labute approximate surface area is 137 Å². The summed E-state index contributed by atoms with van der Waals surface area (Å²) in [5.41, 5.74) is 7.17. The molecule has 0 aliphatic rings. The summed E-state index contributed by atoms with van der Waals surface area (Å²) in [5, 5.41) is 2.93. The van der Waals surface area contributed by atoms with Crippen molar-refractivity contribution >= 4 is 5.91 Å². The van der Waals surface area contributed by atoms with E-state index in [0.29, 0.717) is 6.54 Å². The second-order valence-electron chi connectivity index (χ2n) is 5.78. The number of aryl methyl sites for hydroxylation is 1. The minimum absolute atomic E-state index is 0.158. The summed E-state index contributed by atoms with van der Waals surface area (Å²) in [6.07, 6.45) is 1.73. The molecule has 1 atom stereocenters. The van der Waals surface area contributed by atoms with Gasteiger partial charge >= 0.3 is 0 Å². The molecule has 0 aromatic heterocycles. The van der Waals surface area contributed by atoms with Gasteiger partial charge in [0.15, 0.2) is 0 Å². The second kappa shape index (κ2) is 7.79. The number of hydrogen-bond donors (Lipinski definition) is 2. The van der Waals surface area contributed by atoms with Crippen molar-refractivity contribution in [3.63, 3.8) is 0 Å². The van der Waals surface area contributed by atoms with Crippen LogP contribution in [0, 0.1) is 0 Å². The van der Waals surface area contributed by atoms with Crippen molar-refractivity contribution in [3.8, 4) is 5.75 Å². The monoisotopic (exact) mass is 312 g/mol. The standard InChI is InChI=1S/C19H24N2O2/c1-19(20,16-10-4-3-5-11-16)18(22)21-13-7-9-15-8-6-12-17(14-15)23-2/h3-6,8,10-12,14H,7,9,13,20H2,1-2H3,(H,21,22). The fourth-order valence-corrected chi connectivity index (χ4v) is 2.42. The van der Waals surface area contributed by atoms with Gasteiger partial charge in [-0.25, -0.2) is 0 Å². The predicted molar refractivity (Wildman–Crippen MR) is 92.3 cm³/mol. The van der Waals surface area contributed by atoms with E-state index in [9.17, 15) is 4.79 Å². The van der Waals surface area contributed by atoms with Crippen molar-refractivity contribution in [2.75, 3.05) is 13.7 Å². The smallest absolute Gasteiger partial charge is 0.244 e. The number of rotatable bonds is 7. The van der Waals surface area contributed by atoms with Gasteiger partial charge in [-0.3, -0.25) is 4.79 Å². The Morgan fingerprint density at radius 3 is 2.61 bits per heavy atom. The summed E-state index contributed by atoms with van der Waals surface area (Å²) in [6.45, 7) is 2.33. The zero-order valence-electron chi connectivity index (χ0n) is 13.7. The molecule has 4 heteroatoms. The quantitative estimate of drug-likeness (QED) is 0.773. The number of carbonyl (C=O) groups excluding carboxylic acids is 1. The van der Waals surface area contributed by atoms with Crippen LogP contribution >= 0.6 is 0 Å². The highest BCUT2D eigenvalue weighted by atomic mass is 16.5. The number of carbonyl (C=O) groups is 1. The van der Waals surface area contributed by atoms with Crippen LogP contribution in [0.2, 0.25) is 0 Å². The van der Waals surface area contributed by atoms with Gasteiger partial charge in [0, 0.05) is 6.54 Å². The lowest BCUT2D eigenvalue weighted by Gasteiger charge is -2.24. The zero-order chi connectivity index (χ0) is 16.7. The third kappa shape index (κ3) is 4.57. The van der Waals surface area contributed by atoms with Crippen molar-refractivity contribution in [1.82, 2.24) is 5.32 Å². The van der Waals surface area contributed by atoms with Crippen molar-refractivity contribution in [3.05, 3.63) is 65.7 Å². The summed E-state index contributed by atoms with van der Waals surface area (Å²) in [4.78, 5) is 12.3. The van der Waals surface area contributed by atoms with Crippen LogP contribution in [0.4, 0.5) is 0 Å². The van der Waals surface area contributed by atoms with E-state index >= 15 is 0 Å². The molecule has 0 saturated heterocycles. The highest BCUT2D eigenvalue weighted by Gasteiger charge is 2.29.